The lowest BCUT2D eigenvalue weighted by molar-refractivity contribution is 0.0951. The summed E-state index contributed by atoms with van der Waals surface area (Å²) >= 11 is 0. The number of pyridine rings is 1. The van der Waals surface area contributed by atoms with Crippen LogP contribution in [0.25, 0.3) is 11.1 Å². The van der Waals surface area contributed by atoms with E-state index in [9.17, 15) is 9.59 Å². The van der Waals surface area contributed by atoms with E-state index in [4.69, 9.17) is 4.74 Å². The molecule has 27 heavy (non-hydrogen) atoms. The molecule has 0 saturated carbocycles. The second-order valence-electron chi connectivity index (χ2n) is 6.25. The maximum Gasteiger partial charge on any atom is 0.251 e. The minimum absolute atomic E-state index is 0.0364. The van der Waals surface area contributed by atoms with E-state index in [1.807, 2.05) is 43.3 Å². The Labute approximate surface area is 157 Å². The number of fused-ring (bicyclic) bond motifs is 3. The van der Waals surface area contributed by atoms with Crippen molar-refractivity contribution in [1.82, 2.24) is 10.3 Å². The number of nitrogens with one attached hydrogen (secondary N) is 1. The molecule has 3 aromatic rings. The Morgan fingerprint density at radius 1 is 1.00 bits per heavy atom. The Kier molecular flexibility index (Phi) is 4.42. The molecule has 1 aliphatic rings. The number of nitrogens with zero attached hydrogens (tertiary/aromatic N) is 1. The Hall–Kier alpha value is -3.47. The van der Waals surface area contributed by atoms with Gasteiger partial charge in [0.15, 0.2) is 5.78 Å². The lowest BCUT2D eigenvalue weighted by Gasteiger charge is -2.08. The lowest BCUT2D eigenvalue weighted by atomic mass is 10.0. The number of ketones is 1. The first-order chi connectivity index (χ1) is 13.2. The normalized spacial score (nSPS) is 11.7. The third-order valence-corrected chi connectivity index (χ3v) is 4.53. The number of carbonyl (C=O) groups excluding carboxylic acids is 2. The second kappa shape index (κ2) is 7.03. The highest BCUT2D eigenvalue weighted by Crippen LogP contribution is 2.36. The monoisotopic (exact) mass is 358 g/mol. The molecule has 1 aromatic heterocycles. The molecule has 0 unspecified atom stereocenters. The van der Waals surface area contributed by atoms with Crippen LogP contribution in [0.15, 0.2) is 60.8 Å². The molecule has 4 rings (SSSR count). The van der Waals surface area contributed by atoms with E-state index in [0.29, 0.717) is 35.7 Å². The minimum Gasteiger partial charge on any atom is -0.478 e. The summed E-state index contributed by atoms with van der Waals surface area (Å²) in [6.45, 7) is 2.78. The van der Waals surface area contributed by atoms with Gasteiger partial charge in [-0.2, -0.15) is 0 Å². The molecule has 1 N–H and O–H groups in total. The van der Waals surface area contributed by atoms with Crippen LogP contribution in [-0.4, -0.2) is 23.3 Å². The van der Waals surface area contributed by atoms with Gasteiger partial charge in [0.05, 0.1) is 6.61 Å². The maximum atomic E-state index is 12.6. The molecular weight excluding hydrogens is 340 g/mol. The summed E-state index contributed by atoms with van der Waals surface area (Å²) in [7, 11) is 0. The highest BCUT2D eigenvalue weighted by molar-refractivity contribution is 6.22. The Balaban J connectivity index is 1.51. The van der Waals surface area contributed by atoms with Crippen LogP contribution in [0, 0.1) is 0 Å². The van der Waals surface area contributed by atoms with Crippen LogP contribution < -0.4 is 10.1 Å². The third kappa shape index (κ3) is 3.19. The number of carbonyl (C=O) groups is 2. The number of amides is 1. The summed E-state index contributed by atoms with van der Waals surface area (Å²) in [5.41, 5.74) is 4.42. The van der Waals surface area contributed by atoms with Crippen LogP contribution in [0.1, 0.15) is 38.8 Å². The van der Waals surface area contributed by atoms with Crippen molar-refractivity contribution in [2.45, 2.75) is 13.5 Å². The molecule has 0 fully saturated rings. The quantitative estimate of drug-likeness (QED) is 0.592. The average Bonchev–Trinajstić information content (AvgIpc) is 2.99. The number of hydrogen-bond donors (Lipinski definition) is 1. The summed E-state index contributed by atoms with van der Waals surface area (Å²) in [5, 5.41) is 2.88. The van der Waals surface area contributed by atoms with Crippen molar-refractivity contribution in [3.8, 4) is 17.0 Å². The number of ether oxygens (including phenoxy) is 1. The maximum absolute atomic E-state index is 12.6. The summed E-state index contributed by atoms with van der Waals surface area (Å²) in [4.78, 5) is 29.2. The van der Waals surface area contributed by atoms with Crippen LogP contribution in [0.4, 0.5) is 0 Å². The largest absolute Gasteiger partial charge is 0.478 e. The SMILES string of the molecule is CCOc1cc(CNC(=O)c2ccc3c(c2)C(=O)c2ccccc2-3)ccn1. The minimum atomic E-state index is -0.226. The highest BCUT2D eigenvalue weighted by atomic mass is 16.5. The molecule has 0 spiro atoms. The van der Waals surface area contributed by atoms with Gasteiger partial charge in [0.2, 0.25) is 5.88 Å². The van der Waals surface area contributed by atoms with Crippen molar-refractivity contribution in [1.29, 1.82) is 0 Å². The molecule has 1 heterocycles. The number of benzene rings is 2. The molecule has 1 aliphatic carbocycles. The first-order valence-corrected chi connectivity index (χ1v) is 8.81. The van der Waals surface area contributed by atoms with Crippen LogP contribution in [0.2, 0.25) is 0 Å². The van der Waals surface area contributed by atoms with Crippen molar-refractivity contribution < 1.29 is 14.3 Å². The molecule has 0 bridgehead atoms. The van der Waals surface area contributed by atoms with Crippen molar-refractivity contribution in [3.63, 3.8) is 0 Å². The van der Waals surface area contributed by atoms with E-state index in [0.717, 1.165) is 16.7 Å². The van der Waals surface area contributed by atoms with Gasteiger partial charge >= 0.3 is 0 Å². The van der Waals surface area contributed by atoms with E-state index in [-0.39, 0.29) is 11.7 Å². The van der Waals surface area contributed by atoms with Crippen molar-refractivity contribution >= 4 is 11.7 Å². The molecule has 134 valence electrons. The predicted molar refractivity (Wildman–Crippen MR) is 102 cm³/mol. The van der Waals surface area contributed by atoms with Crippen LogP contribution in [0.5, 0.6) is 5.88 Å². The fourth-order valence-electron chi connectivity index (χ4n) is 3.24. The number of rotatable bonds is 5. The van der Waals surface area contributed by atoms with Gasteiger partial charge in [-0.15, -0.1) is 0 Å². The molecule has 0 aliphatic heterocycles. The van der Waals surface area contributed by atoms with Crippen LogP contribution in [-0.2, 0) is 6.54 Å². The van der Waals surface area contributed by atoms with Crippen molar-refractivity contribution in [2.75, 3.05) is 6.61 Å². The zero-order chi connectivity index (χ0) is 18.8. The molecule has 5 heteroatoms. The third-order valence-electron chi connectivity index (χ3n) is 4.53. The molecule has 0 saturated heterocycles. The first-order valence-electron chi connectivity index (χ1n) is 8.81. The topological polar surface area (TPSA) is 68.3 Å². The van der Waals surface area contributed by atoms with Gasteiger partial charge in [-0.25, -0.2) is 4.98 Å². The van der Waals surface area contributed by atoms with E-state index in [2.05, 4.69) is 10.3 Å². The standard InChI is InChI=1S/C22H18N2O3/c1-2-27-20-11-14(9-10-23-20)13-24-22(26)15-7-8-17-16-5-3-4-6-18(16)21(25)19(17)12-15/h3-12H,2,13H2,1H3,(H,24,26). The fourth-order valence-corrected chi connectivity index (χ4v) is 3.24. The number of hydrogen-bond acceptors (Lipinski definition) is 4. The van der Waals surface area contributed by atoms with Gasteiger partial charge in [-0.1, -0.05) is 30.3 Å². The van der Waals surface area contributed by atoms with Gasteiger partial charge in [0.1, 0.15) is 0 Å². The summed E-state index contributed by atoms with van der Waals surface area (Å²) < 4.78 is 5.37. The average molecular weight is 358 g/mol. The van der Waals surface area contributed by atoms with Gasteiger partial charge in [-0.05, 0) is 41.8 Å². The summed E-state index contributed by atoms with van der Waals surface area (Å²) in [5.74, 6) is 0.271. The van der Waals surface area contributed by atoms with Gasteiger partial charge in [-0.3, -0.25) is 9.59 Å². The first kappa shape index (κ1) is 17.0. The lowest BCUT2D eigenvalue weighted by Crippen LogP contribution is -2.23. The summed E-state index contributed by atoms with van der Waals surface area (Å²) in [6.07, 6.45) is 1.65. The molecule has 0 atom stereocenters. The molecular formula is C22H18N2O3. The Morgan fingerprint density at radius 3 is 2.59 bits per heavy atom. The molecule has 5 nitrogen and oxygen atoms in total. The highest BCUT2D eigenvalue weighted by Gasteiger charge is 2.26. The second-order valence-corrected chi connectivity index (χ2v) is 6.25. The Bertz CT molecular complexity index is 1040. The van der Waals surface area contributed by atoms with Crippen molar-refractivity contribution in [2.24, 2.45) is 0 Å². The zero-order valence-corrected chi connectivity index (χ0v) is 14.9. The van der Waals surface area contributed by atoms with E-state index in [1.165, 1.54) is 0 Å². The van der Waals surface area contributed by atoms with Crippen LogP contribution >= 0.6 is 0 Å². The molecule has 2 aromatic carbocycles. The van der Waals surface area contributed by atoms with Gasteiger partial charge < -0.3 is 10.1 Å². The number of aromatic nitrogens is 1. The fraction of sp³-hybridized carbons (Fsp3) is 0.136. The molecule has 0 radical (unpaired) electrons. The van der Waals surface area contributed by atoms with Crippen molar-refractivity contribution in [3.05, 3.63) is 83.0 Å². The van der Waals surface area contributed by atoms with E-state index >= 15 is 0 Å². The Morgan fingerprint density at radius 2 is 1.78 bits per heavy atom. The van der Waals surface area contributed by atoms with Gasteiger partial charge in [0.25, 0.3) is 5.91 Å². The van der Waals surface area contributed by atoms with E-state index in [1.54, 1.807) is 24.4 Å². The van der Waals surface area contributed by atoms with Gasteiger partial charge in [0, 0.05) is 35.5 Å². The smallest absolute Gasteiger partial charge is 0.251 e. The van der Waals surface area contributed by atoms with E-state index < -0.39 is 0 Å². The summed E-state index contributed by atoms with van der Waals surface area (Å²) in [6, 6.07) is 16.4. The zero-order valence-electron chi connectivity index (χ0n) is 14.9. The predicted octanol–water partition coefficient (Wildman–Crippen LogP) is 3.62. The molecule has 1 amide bonds. The van der Waals surface area contributed by atoms with Crippen LogP contribution in [0.3, 0.4) is 0 Å².